The highest BCUT2D eigenvalue weighted by molar-refractivity contribution is 6.33. The average molecular weight is 448 g/mol. The van der Waals surface area contributed by atoms with E-state index in [1.807, 2.05) is 24.5 Å². The van der Waals surface area contributed by atoms with Crippen molar-refractivity contribution in [2.75, 3.05) is 25.9 Å². The predicted octanol–water partition coefficient (Wildman–Crippen LogP) is 3.56. The molecule has 1 aliphatic rings. The lowest BCUT2D eigenvalue weighted by atomic mass is 10.0. The summed E-state index contributed by atoms with van der Waals surface area (Å²) in [6.45, 7) is 2.78. The first-order valence-corrected chi connectivity index (χ1v) is 8.99. The summed E-state index contributed by atoms with van der Waals surface area (Å²) < 4.78 is 5.26. The first kappa shape index (κ1) is 24.3. The summed E-state index contributed by atoms with van der Waals surface area (Å²) >= 11 is 6.05. The van der Waals surface area contributed by atoms with Crippen LogP contribution < -0.4 is 15.8 Å². The number of piperidine rings is 1. The smallest absolute Gasteiger partial charge is 0.255 e. The van der Waals surface area contributed by atoms with Crippen LogP contribution in [0.3, 0.4) is 0 Å². The van der Waals surface area contributed by atoms with Gasteiger partial charge < -0.3 is 15.8 Å². The van der Waals surface area contributed by atoms with Gasteiger partial charge in [0.15, 0.2) is 0 Å². The molecule has 0 radical (unpaired) electrons. The fraction of sp³-hybridized carbons (Fsp3) is 0.368. The number of nitrogens with zero attached hydrogens (tertiary/aromatic N) is 2. The molecule has 3 N–H and O–H groups in total. The number of ether oxygens (including phenoxy) is 1. The fourth-order valence-electron chi connectivity index (χ4n) is 3.16. The van der Waals surface area contributed by atoms with Gasteiger partial charge in [-0.1, -0.05) is 11.6 Å². The van der Waals surface area contributed by atoms with Crippen molar-refractivity contribution in [2.24, 2.45) is 0 Å². The zero-order valence-electron chi connectivity index (χ0n) is 15.6. The van der Waals surface area contributed by atoms with Crippen molar-refractivity contribution in [1.29, 1.82) is 0 Å². The van der Waals surface area contributed by atoms with Crippen molar-refractivity contribution < 1.29 is 9.53 Å². The quantitative estimate of drug-likeness (QED) is 0.685. The van der Waals surface area contributed by atoms with E-state index in [2.05, 4.69) is 15.2 Å². The lowest BCUT2D eigenvalue weighted by molar-refractivity contribution is 0.0906. The second-order valence-electron chi connectivity index (χ2n) is 6.45. The zero-order valence-corrected chi connectivity index (χ0v) is 17.9. The van der Waals surface area contributed by atoms with Gasteiger partial charge in [-0.15, -0.1) is 24.8 Å². The minimum atomic E-state index is -0.184. The Bertz CT molecular complexity index is 769. The average Bonchev–Trinajstić information content (AvgIpc) is 2.66. The highest BCUT2D eigenvalue weighted by atomic mass is 35.5. The number of amides is 1. The lowest BCUT2D eigenvalue weighted by Gasteiger charge is -2.32. The molecular formula is C19H25Cl3N4O2. The second kappa shape index (κ2) is 11.3. The van der Waals surface area contributed by atoms with Crippen molar-refractivity contribution in [2.45, 2.75) is 25.4 Å². The number of hydrogen-bond donors (Lipinski definition) is 2. The zero-order chi connectivity index (χ0) is 18.5. The molecule has 1 amide bonds. The minimum absolute atomic E-state index is 0. The molecule has 1 saturated heterocycles. The first-order chi connectivity index (χ1) is 12.6. The molecule has 1 aromatic heterocycles. The number of benzene rings is 1. The van der Waals surface area contributed by atoms with E-state index < -0.39 is 0 Å². The number of rotatable bonds is 5. The van der Waals surface area contributed by atoms with Crippen LogP contribution in [0.1, 0.15) is 28.8 Å². The van der Waals surface area contributed by atoms with Crippen LogP contribution >= 0.6 is 36.4 Å². The summed E-state index contributed by atoms with van der Waals surface area (Å²) in [5.74, 6) is 0.246. The molecule has 28 heavy (non-hydrogen) atoms. The molecule has 2 aromatic rings. The first-order valence-electron chi connectivity index (χ1n) is 8.62. The Morgan fingerprint density at radius 2 is 1.93 bits per heavy atom. The van der Waals surface area contributed by atoms with E-state index in [9.17, 15) is 4.79 Å². The molecule has 0 bridgehead atoms. The summed E-state index contributed by atoms with van der Waals surface area (Å²) in [6.07, 6.45) is 5.44. The van der Waals surface area contributed by atoms with Crippen LogP contribution in [0.15, 0.2) is 36.7 Å². The summed E-state index contributed by atoms with van der Waals surface area (Å²) in [4.78, 5) is 19.0. The van der Waals surface area contributed by atoms with Crippen LogP contribution in [0.4, 0.5) is 5.69 Å². The predicted molar refractivity (Wildman–Crippen MR) is 117 cm³/mol. The number of hydrogen-bond acceptors (Lipinski definition) is 5. The van der Waals surface area contributed by atoms with Gasteiger partial charge in [0.1, 0.15) is 5.75 Å². The van der Waals surface area contributed by atoms with E-state index >= 15 is 0 Å². The maximum atomic E-state index is 12.6. The third-order valence-electron chi connectivity index (χ3n) is 4.64. The van der Waals surface area contributed by atoms with Crippen LogP contribution in [-0.2, 0) is 6.54 Å². The number of halogens is 3. The van der Waals surface area contributed by atoms with Crippen LogP contribution in [0.5, 0.6) is 5.75 Å². The van der Waals surface area contributed by atoms with Gasteiger partial charge in [-0.25, -0.2) is 0 Å². The van der Waals surface area contributed by atoms with Crippen LogP contribution in [0, 0.1) is 0 Å². The van der Waals surface area contributed by atoms with Gasteiger partial charge in [0.2, 0.25) is 0 Å². The monoisotopic (exact) mass is 446 g/mol. The number of aromatic nitrogens is 1. The molecule has 0 spiro atoms. The van der Waals surface area contributed by atoms with Crippen molar-refractivity contribution in [3.05, 3.63) is 52.8 Å². The molecule has 6 nitrogen and oxygen atoms in total. The van der Waals surface area contributed by atoms with Gasteiger partial charge in [-0.3, -0.25) is 14.7 Å². The third-order valence-corrected chi connectivity index (χ3v) is 4.97. The normalized spacial score (nSPS) is 14.5. The van der Waals surface area contributed by atoms with Crippen LogP contribution in [0.2, 0.25) is 5.02 Å². The van der Waals surface area contributed by atoms with E-state index in [-0.39, 0.29) is 36.8 Å². The van der Waals surface area contributed by atoms with E-state index in [1.54, 1.807) is 12.1 Å². The summed E-state index contributed by atoms with van der Waals surface area (Å²) in [5, 5.41) is 3.44. The van der Waals surface area contributed by atoms with Gasteiger partial charge in [0, 0.05) is 44.1 Å². The molecule has 0 aliphatic carbocycles. The Morgan fingerprint density at radius 1 is 1.29 bits per heavy atom. The Morgan fingerprint density at radius 3 is 2.54 bits per heavy atom. The number of pyridine rings is 1. The maximum absolute atomic E-state index is 12.6. The summed E-state index contributed by atoms with van der Waals surface area (Å²) in [6, 6.07) is 7.34. The van der Waals surface area contributed by atoms with Gasteiger partial charge in [-0.05, 0) is 36.6 Å². The molecule has 1 fully saturated rings. The fourth-order valence-corrected chi connectivity index (χ4v) is 3.32. The van der Waals surface area contributed by atoms with E-state index in [0.717, 1.165) is 32.5 Å². The van der Waals surface area contributed by atoms with Crippen LogP contribution in [-0.4, -0.2) is 42.0 Å². The Balaban J connectivity index is 0.00000196. The van der Waals surface area contributed by atoms with Crippen molar-refractivity contribution >= 4 is 48.0 Å². The molecular weight excluding hydrogens is 423 g/mol. The number of nitrogens with two attached hydrogens (primary N) is 1. The topological polar surface area (TPSA) is 80.5 Å². The molecule has 2 heterocycles. The highest BCUT2D eigenvalue weighted by Gasteiger charge is 2.23. The number of methoxy groups -OCH3 is 1. The molecule has 9 heteroatoms. The Labute approximate surface area is 182 Å². The van der Waals surface area contributed by atoms with Gasteiger partial charge in [0.05, 0.1) is 23.4 Å². The third kappa shape index (κ3) is 6.14. The molecule has 1 aromatic carbocycles. The maximum Gasteiger partial charge on any atom is 0.255 e. The number of nitrogen functional groups attached to an aromatic ring is 1. The minimum Gasteiger partial charge on any atom is -0.496 e. The van der Waals surface area contributed by atoms with Crippen molar-refractivity contribution in [3.63, 3.8) is 0 Å². The molecule has 154 valence electrons. The molecule has 3 rings (SSSR count). The number of carbonyl (C=O) groups is 1. The van der Waals surface area contributed by atoms with Gasteiger partial charge >= 0.3 is 0 Å². The standard InChI is InChI=1S/C19H23ClN4O2.2ClH/c1-26-18-11-17(21)16(20)10-15(18)19(25)23-14-4-8-24(9-5-14)12-13-2-6-22-7-3-13;;/h2-3,6-7,10-11,14H,4-5,8-9,12,21H2,1H3,(H,23,25);2*1H. The van der Waals surface area contributed by atoms with E-state index in [0.29, 0.717) is 22.0 Å². The van der Waals surface area contributed by atoms with Gasteiger partial charge in [0.25, 0.3) is 5.91 Å². The Kier molecular flexibility index (Phi) is 9.82. The second-order valence-corrected chi connectivity index (χ2v) is 6.86. The number of nitrogens with one attached hydrogen (secondary N) is 1. The van der Waals surface area contributed by atoms with Crippen molar-refractivity contribution in [3.8, 4) is 5.75 Å². The Hall–Kier alpha value is -1.73. The van der Waals surface area contributed by atoms with Gasteiger partial charge in [-0.2, -0.15) is 0 Å². The highest BCUT2D eigenvalue weighted by Crippen LogP contribution is 2.29. The summed E-state index contributed by atoms with van der Waals surface area (Å²) in [7, 11) is 1.51. The van der Waals surface area contributed by atoms with E-state index in [4.69, 9.17) is 22.1 Å². The summed E-state index contributed by atoms with van der Waals surface area (Å²) in [5.41, 5.74) is 7.83. The molecule has 0 unspecified atom stereocenters. The van der Waals surface area contributed by atoms with Crippen LogP contribution in [0.25, 0.3) is 0 Å². The SMILES string of the molecule is COc1cc(N)c(Cl)cc1C(=O)NC1CCN(Cc2ccncc2)CC1.Cl.Cl. The van der Waals surface area contributed by atoms with Crippen molar-refractivity contribution in [1.82, 2.24) is 15.2 Å². The number of carbonyl (C=O) groups excluding carboxylic acids is 1. The largest absolute Gasteiger partial charge is 0.496 e. The van der Waals surface area contributed by atoms with E-state index in [1.165, 1.54) is 12.7 Å². The number of anilines is 1. The molecule has 0 saturated carbocycles. The molecule has 0 atom stereocenters. The lowest BCUT2D eigenvalue weighted by Crippen LogP contribution is -2.44. The number of likely N-dealkylation sites (tertiary alicyclic amines) is 1. The molecule has 1 aliphatic heterocycles.